The van der Waals surface area contributed by atoms with Crippen LogP contribution in [0.1, 0.15) is 42.0 Å². The number of nitrogens with zero attached hydrogens (tertiary/aromatic N) is 6. The summed E-state index contributed by atoms with van der Waals surface area (Å²) in [5.74, 6) is -0.610. The average molecular weight is 436 g/mol. The van der Waals surface area contributed by atoms with Crippen molar-refractivity contribution in [2.45, 2.75) is 38.9 Å². The first-order chi connectivity index (χ1) is 14.7. The van der Waals surface area contributed by atoms with E-state index >= 15 is 0 Å². The van der Waals surface area contributed by atoms with Crippen LogP contribution in [0.4, 0.5) is 17.6 Å². The van der Waals surface area contributed by atoms with Crippen molar-refractivity contribution in [2.75, 3.05) is 6.54 Å². The van der Waals surface area contributed by atoms with Crippen molar-refractivity contribution in [1.29, 1.82) is 0 Å². The highest BCUT2D eigenvalue weighted by atomic mass is 19.4. The van der Waals surface area contributed by atoms with E-state index in [0.717, 1.165) is 12.4 Å². The second kappa shape index (κ2) is 9.19. The molecule has 0 saturated heterocycles. The van der Waals surface area contributed by atoms with Gasteiger partial charge in [-0.2, -0.15) is 28.2 Å². The van der Waals surface area contributed by atoms with E-state index in [1.54, 1.807) is 11.8 Å². The van der Waals surface area contributed by atoms with Crippen LogP contribution in [-0.4, -0.2) is 48.4 Å². The molecule has 31 heavy (non-hydrogen) atoms. The van der Waals surface area contributed by atoms with Gasteiger partial charge in [-0.25, -0.2) is 14.4 Å². The molecule has 1 atom stereocenters. The van der Waals surface area contributed by atoms with Gasteiger partial charge in [0.25, 0.3) is 5.91 Å². The highest BCUT2D eigenvalue weighted by Gasteiger charge is 2.31. The molecule has 0 aliphatic rings. The van der Waals surface area contributed by atoms with Crippen molar-refractivity contribution in [3.8, 4) is 5.69 Å². The number of amides is 1. The van der Waals surface area contributed by atoms with E-state index in [0.29, 0.717) is 19.4 Å². The first kappa shape index (κ1) is 22.3. The zero-order valence-electron chi connectivity index (χ0n) is 16.8. The Morgan fingerprint density at radius 3 is 2.39 bits per heavy atom. The number of rotatable bonds is 7. The minimum atomic E-state index is -4.49. The fourth-order valence-corrected chi connectivity index (χ4v) is 3.13. The molecule has 11 heteroatoms. The van der Waals surface area contributed by atoms with Crippen LogP contribution >= 0.6 is 0 Å². The smallest absolute Gasteiger partial charge is 0.336 e. The summed E-state index contributed by atoms with van der Waals surface area (Å²) in [4.78, 5) is 23.5. The maximum Gasteiger partial charge on any atom is 0.419 e. The molecule has 0 fully saturated rings. The molecule has 0 saturated carbocycles. The predicted octanol–water partition coefficient (Wildman–Crippen LogP) is 3.70. The largest absolute Gasteiger partial charge is 0.419 e. The summed E-state index contributed by atoms with van der Waals surface area (Å²) < 4.78 is 51.7. The molecule has 1 aromatic carbocycles. The third kappa shape index (κ3) is 5.22. The standard InChI is InChI=1S/C20H20F4N6O/c1-3-29(13(2)4-7-18-25-11-14(12-26-18)20(22,23)24)19(31)16-6-5-15(21)10-17(16)30-27-8-9-28-30/h5-6,8-13H,3-4,7H2,1-2H3/t13-/m0/s1. The highest BCUT2D eigenvalue weighted by molar-refractivity contribution is 5.97. The number of aromatic nitrogens is 5. The summed E-state index contributed by atoms with van der Waals surface area (Å²) in [5.41, 5.74) is -0.463. The Labute approximate surface area is 175 Å². The SMILES string of the molecule is CCN(C(=O)c1ccc(F)cc1-n1nccn1)[C@@H](C)CCc1ncc(C(F)(F)F)cn1. The van der Waals surface area contributed by atoms with Crippen LogP contribution in [0.2, 0.25) is 0 Å². The zero-order chi connectivity index (χ0) is 22.6. The lowest BCUT2D eigenvalue weighted by Crippen LogP contribution is -2.39. The maximum atomic E-state index is 13.8. The molecule has 3 rings (SSSR count). The van der Waals surface area contributed by atoms with Gasteiger partial charge in [-0.05, 0) is 32.4 Å². The third-order valence-corrected chi connectivity index (χ3v) is 4.78. The van der Waals surface area contributed by atoms with Crippen LogP contribution in [0.3, 0.4) is 0 Å². The predicted molar refractivity (Wildman–Crippen MR) is 103 cm³/mol. The van der Waals surface area contributed by atoms with Crippen LogP contribution in [0.15, 0.2) is 43.0 Å². The van der Waals surface area contributed by atoms with Gasteiger partial charge in [0, 0.05) is 37.5 Å². The summed E-state index contributed by atoms with van der Waals surface area (Å²) >= 11 is 0. The van der Waals surface area contributed by atoms with E-state index in [1.165, 1.54) is 35.4 Å². The number of carbonyl (C=O) groups is 1. The van der Waals surface area contributed by atoms with Gasteiger partial charge in [-0.3, -0.25) is 4.79 Å². The van der Waals surface area contributed by atoms with Gasteiger partial charge < -0.3 is 4.90 Å². The third-order valence-electron chi connectivity index (χ3n) is 4.78. The van der Waals surface area contributed by atoms with Crippen LogP contribution in [0.5, 0.6) is 0 Å². The van der Waals surface area contributed by atoms with Gasteiger partial charge >= 0.3 is 6.18 Å². The minimum Gasteiger partial charge on any atom is -0.336 e. The van der Waals surface area contributed by atoms with Gasteiger partial charge in [-0.1, -0.05) is 0 Å². The Balaban J connectivity index is 1.74. The summed E-state index contributed by atoms with van der Waals surface area (Å²) in [7, 11) is 0. The molecular weight excluding hydrogens is 416 g/mol. The average Bonchev–Trinajstić information content (AvgIpc) is 3.27. The summed E-state index contributed by atoms with van der Waals surface area (Å²) in [6.45, 7) is 4.00. The first-order valence-corrected chi connectivity index (χ1v) is 9.56. The summed E-state index contributed by atoms with van der Waals surface area (Å²) in [6.07, 6.45) is 0.567. The number of halogens is 4. The maximum absolute atomic E-state index is 13.8. The summed E-state index contributed by atoms with van der Waals surface area (Å²) in [6, 6.07) is 3.48. The van der Waals surface area contributed by atoms with Gasteiger partial charge in [0.15, 0.2) is 0 Å². The lowest BCUT2D eigenvalue weighted by Gasteiger charge is -2.28. The number of benzene rings is 1. The lowest BCUT2D eigenvalue weighted by atomic mass is 10.1. The number of carbonyl (C=O) groups excluding carboxylic acids is 1. The number of hydrogen-bond donors (Lipinski definition) is 0. The molecule has 1 amide bonds. The number of alkyl halides is 3. The van der Waals surface area contributed by atoms with Gasteiger partial charge in [0.2, 0.25) is 0 Å². The van der Waals surface area contributed by atoms with E-state index in [2.05, 4.69) is 20.2 Å². The molecule has 164 valence electrons. The van der Waals surface area contributed by atoms with Crippen molar-refractivity contribution in [1.82, 2.24) is 29.9 Å². The van der Waals surface area contributed by atoms with Crippen LogP contribution in [0.25, 0.3) is 5.69 Å². The Kier molecular flexibility index (Phi) is 6.62. The zero-order valence-corrected chi connectivity index (χ0v) is 16.8. The monoisotopic (exact) mass is 436 g/mol. The highest BCUT2D eigenvalue weighted by Crippen LogP contribution is 2.27. The minimum absolute atomic E-state index is 0.215. The van der Waals surface area contributed by atoms with Crippen molar-refractivity contribution in [2.24, 2.45) is 0 Å². The van der Waals surface area contributed by atoms with Gasteiger partial charge in [0.05, 0.1) is 23.5 Å². The van der Waals surface area contributed by atoms with E-state index < -0.39 is 17.6 Å². The van der Waals surface area contributed by atoms with Crippen LogP contribution < -0.4 is 0 Å². The van der Waals surface area contributed by atoms with Crippen molar-refractivity contribution < 1.29 is 22.4 Å². The molecule has 7 nitrogen and oxygen atoms in total. The fraction of sp³-hybridized carbons (Fsp3) is 0.350. The molecule has 0 spiro atoms. The first-order valence-electron chi connectivity index (χ1n) is 9.56. The summed E-state index contributed by atoms with van der Waals surface area (Å²) in [5, 5.41) is 7.95. The second-order valence-corrected chi connectivity index (χ2v) is 6.84. The van der Waals surface area contributed by atoms with Crippen molar-refractivity contribution >= 4 is 5.91 Å². The molecule has 0 aliphatic heterocycles. The van der Waals surface area contributed by atoms with E-state index in [-0.39, 0.29) is 29.0 Å². The van der Waals surface area contributed by atoms with E-state index in [1.807, 2.05) is 6.92 Å². The van der Waals surface area contributed by atoms with Gasteiger partial charge in [0.1, 0.15) is 17.3 Å². The van der Waals surface area contributed by atoms with Crippen LogP contribution in [0, 0.1) is 5.82 Å². The molecule has 0 radical (unpaired) electrons. The molecule has 0 unspecified atom stereocenters. The Hall–Kier alpha value is -3.37. The molecular formula is C20H20F4N6O. The molecule has 0 N–H and O–H groups in total. The van der Waals surface area contributed by atoms with Crippen molar-refractivity contribution in [3.05, 3.63) is 65.8 Å². The van der Waals surface area contributed by atoms with Crippen LogP contribution in [-0.2, 0) is 12.6 Å². The topological polar surface area (TPSA) is 76.8 Å². The molecule has 0 bridgehead atoms. The quantitative estimate of drug-likeness (QED) is 0.528. The molecule has 3 aromatic rings. The van der Waals surface area contributed by atoms with E-state index in [4.69, 9.17) is 0 Å². The van der Waals surface area contributed by atoms with Gasteiger partial charge in [-0.15, -0.1) is 0 Å². The second-order valence-electron chi connectivity index (χ2n) is 6.84. The number of aryl methyl sites for hydroxylation is 1. The molecule has 0 aliphatic carbocycles. The molecule has 2 heterocycles. The Bertz CT molecular complexity index is 1020. The van der Waals surface area contributed by atoms with Crippen molar-refractivity contribution in [3.63, 3.8) is 0 Å². The Morgan fingerprint density at radius 1 is 1.16 bits per heavy atom. The van der Waals surface area contributed by atoms with E-state index in [9.17, 15) is 22.4 Å². The molecule has 2 aromatic heterocycles. The normalized spacial score (nSPS) is 12.6. The Morgan fingerprint density at radius 2 is 1.81 bits per heavy atom. The number of hydrogen-bond acceptors (Lipinski definition) is 5. The lowest BCUT2D eigenvalue weighted by molar-refractivity contribution is -0.138. The fourth-order valence-electron chi connectivity index (χ4n) is 3.13.